The first-order valence-electron chi connectivity index (χ1n) is 7.12. The molecule has 3 heterocycles. The Hall–Kier alpha value is -2.05. The number of rotatable bonds is 6. The van der Waals surface area contributed by atoms with E-state index in [9.17, 15) is 4.79 Å². The fourth-order valence-electron chi connectivity index (χ4n) is 2.36. The minimum Gasteiger partial charge on any atom is -0.469 e. The molecule has 3 rings (SSSR count). The highest BCUT2D eigenvalue weighted by Crippen LogP contribution is 2.26. The van der Waals surface area contributed by atoms with Crippen LogP contribution in [0.2, 0.25) is 0 Å². The summed E-state index contributed by atoms with van der Waals surface area (Å²) < 4.78 is 5.54. The molecule has 0 aliphatic rings. The molecular formula is C17H16N2O2S2. The van der Waals surface area contributed by atoms with Gasteiger partial charge in [-0.15, -0.1) is 11.8 Å². The van der Waals surface area contributed by atoms with Crippen LogP contribution >= 0.6 is 23.1 Å². The largest absolute Gasteiger partial charge is 0.469 e. The van der Waals surface area contributed by atoms with Crippen LogP contribution in [0.5, 0.6) is 0 Å². The molecule has 6 heteroatoms. The van der Waals surface area contributed by atoms with E-state index < -0.39 is 0 Å². The van der Waals surface area contributed by atoms with Gasteiger partial charge in [-0.3, -0.25) is 4.79 Å². The number of nitrogens with zero attached hydrogens (tertiary/aromatic N) is 1. The number of thioether (sulfide) groups is 1. The summed E-state index contributed by atoms with van der Waals surface area (Å²) in [6.45, 7) is 0.478. The fourth-order valence-corrected chi connectivity index (χ4v) is 3.62. The van der Waals surface area contributed by atoms with E-state index in [4.69, 9.17) is 4.42 Å². The predicted molar refractivity (Wildman–Crippen MR) is 93.2 cm³/mol. The van der Waals surface area contributed by atoms with Crippen LogP contribution < -0.4 is 5.32 Å². The predicted octanol–water partition coefficient (Wildman–Crippen LogP) is 4.02. The number of hydrogen-bond donors (Lipinski definition) is 1. The SMILES string of the molecule is CSc1ncccc1C(=O)NCC(c1ccsc1)c1ccco1. The van der Waals surface area contributed by atoms with Gasteiger partial charge >= 0.3 is 0 Å². The minimum absolute atomic E-state index is 0.00889. The van der Waals surface area contributed by atoms with Crippen molar-refractivity contribution in [2.45, 2.75) is 10.9 Å². The highest BCUT2D eigenvalue weighted by atomic mass is 32.2. The number of amides is 1. The molecule has 23 heavy (non-hydrogen) atoms. The first-order valence-corrected chi connectivity index (χ1v) is 9.29. The van der Waals surface area contributed by atoms with Gasteiger partial charge < -0.3 is 9.73 Å². The molecule has 0 saturated carbocycles. The molecule has 1 atom stereocenters. The number of furan rings is 1. The summed E-state index contributed by atoms with van der Waals surface area (Å²) in [5, 5.41) is 7.84. The second kappa shape index (κ2) is 7.48. The summed E-state index contributed by atoms with van der Waals surface area (Å²) in [6, 6.07) is 9.43. The van der Waals surface area contributed by atoms with Crippen molar-refractivity contribution in [3.8, 4) is 0 Å². The number of hydrogen-bond acceptors (Lipinski definition) is 5. The Balaban J connectivity index is 1.76. The zero-order chi connectivity index (χ0) is 16.1. The molecule has 0 aliphatic carbocycles. The molecule has 1 unspecified atom stereocenters. The number of carbonyl (C=O) groups excluding carboxylic acids is 1. The molecule has 1 amide bonds. The average molecular weight is 344 g/mol. The molecule has 0 aliphatic heterocycles. The van der Waals surface area contributed by atoms with Crippen LogP contribution in [0.1, 0.15) is 27.6 Å². The number of pyridine rings is 1. The van der Waals surface area contributed by atoms with E-state index in [0.717, 1.165) is 16.3 Å². The Bertz CT molecular complexity index is 721. The van der Waals surface area contributed by atoms with E-state index in [1.807, 2.05) is 23.8 Å². The smallest absolute Gasteiger partial charge is 0.254 e. The van der Waals surface area contributed by atoms with Crippen molar-refractivity contribution < 1.29 is 9.21 Å². The Kier molecular flexibility index (Phi) is 5.15. The number of carbonyl (C=O) groups is 1. The lowest BCUT2D eigenvalue weighted by atomic mass is 9.99. The Morgan fingerprint density at radius 1 is 1.39 bits per heavy atom. The van der Waals surface area contributed by atoms with Gasteiger partial charge in [0.15, 0.2) is 0 Å². The van der Waals surface area contributed by atoms with Crippen molar-refractivity contribution in [2.24, 2.45) is 0 Å². The van der Waals surface area contributed by atoms with E-state index in [2.05, 4.69) is 21.7 Å². The van der Waals surface area contributed by atoms with Gasteiger partial charge in [0.25, 0.3) is 5.91 Å². The van der Waals surface area contributed by atoms with Gasteiger partial charge in [-0.1, -0.05) is 0 Å². The minimum atomic E-state index is -0.116. The van der Waals surface area contributed by atoms with Crippen molar-refractivity contribution in [2.75, 3.05) is 12.8 Å². The van der Waals surface area contributed by atoms with Gasteiger partial charge in [0.2, 0.25) is 0 Å². The zero-order valence-electron chi connectivity index (χ0n) is 12.6. The van der Waals surface area contributed by atoms with Gasteiger partial charge in [0.1, 0.15) is 10.8 Å². The van der Waals surface area contributed by atoms with Crippen LogP contribution in [0.4, 0.5) is 0 Å². The summed E-state index contributed by atoms with van der Waals surface area (Å²) in [5.41, 5.74) is 1.74. The lowest BCUT2D eigenvalue weighted by Gasteiger charge is -2.15. The molecule has 0 spiro atoms. The number of aromatic nitrogens is 1. The highest BCUT2D eigenvalue weighted by Gasteiger charge is 2.20. The summed E-state index contributed by atoms with van der Waals surface area (Å²) in [4.78, 5) is 16.7. The first-order chi connectivity index (χ1) is 11.3. The van der Waals surface area contributed by atoms with Crippen molar-refractivity contribution in [3.05, 3.63) is 70.4 Å². The maximum absolute atomic E-state index is 12.5. The van der Waals surface area contributed by atoms with Crippen LogP contribution in [0.25, 0.3) is 0 Å². The van der Waals surface area contributed by atoms with E-state index in [-0.39, 0.29) is 11.8 Å². The summed E-state index contributed by atoms with van der Waals surface area (Å²) in [5.74, 6) is 0.740. The average Bonchev–Trinajstić information content (AvgIpc) is 3.29. The Morgan fingerprint density at radius 3 is 3.00 bits per heavy atom. The van der Waals surface area contributed by atoms with Crippen LogP contribution in [0.15, 0.2) is 63.0 Å². The van der Waals surface area contributed by atoms with E-state index in [1.54, 1.807) is 35.9 Å². The summed E-state index contributed by atoms with van der Waals surface area (Å²) >= 11 is 3.10. The van der Waals surface area contributed by atoms with Gasteiger partial charge in [-0.05, 0) is 52.9 Å². The molecule has 3 aromatic heterocycles. The van der Waals surface area contributed by atoms with Crippen LogP contribution in [-0.4, -0.2) is 23.7 Å². The third-order valence-corrected chi connectivity index (χ3v) is 4.92. The zero-order valence-corrected chi connectivity index (χ0v) is 14.2. The van der Waals surface area contributed by atoms with Crippen LogP contribution in [-0.2, 0) is 0 Å². The van der Waals surface area contributed by atoms with Crippen LogP contribution in [0.3, 0.4) is 0 Å². The lowest BCUT2D eigenvalue weighted by Crippen LogP contribution is -2.29. The molecular weight excluding hydrogens is 328 g/mol. The third-order valence-electron chi connectivity index (χ3n) is 3.51. The molecule has 0 radical (unpaired) electrons. The highest BCUT2D eigenvalue weighted by molar-refractivity contribution is 7.98. The molecule has 0 fully saturated rings. The molecule has 118 valence electrons. The van der Waals surface area contributed by atoms with Crippen molar-refractivity contribution >= 4 is 29.0 Å². The molecule has 0 bridgehead atoms. The molecule has 4 nitrogen and oxygen atoms in total. The van der Waals surface area contributed by atoms with E-state index in [1.165, 1.54) is 11.8 Å². The fraction of sp³-hybridized carbons (Fsp3) is 0.176. The Morgan fingerprint density at radius 2 is 2.30 bits per heavy atom. The Labute approximate surface area is 142 Å². The van der Waals surface area contributed by atoms with E-state index in [0.29, 0.717) is 12.1 Å². The first kappa shape index (κ1) is 15.8. The van der Waals surface area contributed by atoms with Gasteiger partial charge in [-0.25, -0.2) is 4.98 Å². The summed E-state index contributed by atoms with van der Waals surface area (Å²) in [7, 11) is 0. The standard InChI is InChI=1S/C17H16N2O2S2/c1-22-17-13(4-2-7-18-17)16(20)19-10-14(12-6-9-23-11-12)15-5-3-8-21-15/h2-9,11,14H,10H2,1H3,(H,19,20). The molecule has 0 saturated heterocycles. The van der Waals surface area contributed by atoms with Crippen molar-refractivity contribution in [1.82, 2.24) is 10.3 Å². The molecule has 3 aromatic rings. The normalized spacial score (nSPS) is 12.0. The lowest BCUT2D eigenvalue weighted by molar-refractivity contribution is 0.0948. The number of nitrogens with one attached hydrogen (secondary N) is 1. The van der Waals surface area contributed by atoms with Crippen molar-refractivity contribution in [3.63, 3.8) is 0 Å². The molecule has 1 N–H and O–H groups in total. The second-order valence-corrected chi connectivity index (χ2v) is 6.47. The molecule has 0 aromatic carbocycles. The summed E-state index contributed by atoms with van der Waals surface area (Å²) in [6.07, 6.45) is 5.26. The van der Waals surface area contributed by atoms with Crippen molar-refractivity contribution in [1.29, 1.82) is 0 Å². The van der Waals surface area contributed by atoms with Gasteiger partial charge in [0, 0.05) is 12.7 Å². The maximum atomic E-state index is 12.5. The van der Waals surface area contributed by atoms with E-state index >= 15 is 0 Å². The van der Waals surface area contributed by atoms with Gasteiger partial charge in [0.05, 0.1) is 17.7 Å². The van der Waals surface area contributed by atoms with Gasteiger partial charge in [-0.2, -0.15) is 11.3 Å². The second-order valence-electron chi connectivity index (χ2n) is 4.89. The number of thiophene rings is 1. The monoisotopic (exact) mass is 344 g/mol. The quantitative estimate of drug-likeness (QED) is 0.686. The topological polar surface area (TPSA) is 55.1 Å². The third kappa shape index (κ3) is 3.65. The van der Waals surface area contributed by atoms with Crippen LogP contribution in [0, 0.1) is 0 Å². The maximum Gasteiger partial charge on any atom is 0.254 e.